The highest BCUT2D eigenvalue weighted by Gasteiger charge is 2.16. The minimum absolute atomic E-state index is 0.0979. The number of carbonyl (C=O) groups excluding carboxylic acids is 1. The Labute approximate surface area is 127 Å². The molecule has 2 heterocycles. The molecule has 0 bridgehead atoms. The summed E-state index contributed by atoms with van der Waals surface area (Å²) in [5, 5.41) is 6.24. The van der Waals surface area contributed by atoms with Gasteiger partial charge in [0.15, 0.2) is 0 Å². The Balaban J connectivity index is 1.86. The van der Waals surface area contributed by atoms with E-state index >= 15 is 0 Å². The highest BCUT2D eigenvalue weighted by atomic mass is 16.1. The van der Waals surface area contributed by atoms with Crippen LogP contribution in [0.3, 0.4) is 0 Å². The monoisotopic (exact) mass is 290 g/mol. The van der Waals surface area contributed by atoms with Crippen molar-refractivity contribution < 1.29 is 4.79 Å². The van der Waals surface area contributed by atoms with E-state index in [1.54, 1.807) is 12.3 Å². The molecule has 0 saturated carbocycles. The predicted octanol–water partition coefficient (Wildman–Crippen LogP) is 2.12. The zero-order valence-corrected chi connectivity index (χ0v) is 13.1. The molecule has 1 unspecified atom stereocenters. The van der Waals surface area contributed by atoms with E-state index in [2.05, 4.69) is 27.4 Å². The fraction of sp³-hybridized carbons (Fsp3) is 0.625. The summed E-state index contributed by atoms with van der Waals surface area (Å²) in [6.45, 7) is 8.12. The molecule has 1 atom stereocenters. The molecule has 0 spiro atoms. The SMILES string of the molecule is CCNc1ccnc(C(=O)NC(C)CN2CCCCC2)c1. The van der Waals surface area contributed by atoms with Gasteiger partial charge in [-0.3, -0.25) is 9.78 Å². The molecular formula is C16H26N4O. The number of pyridine rings is 1. The van der Waals surface area contributed by atoms with Crippen molar-refractivity contribution in [2.45, 2.75) is 39.2 Å². The van der Waals surface area contributed by atoms with Gasteiger partial charge in [0.05, 0.1) is 0 Å². The second-order valence-corrected chi connectivity index (χ2v) is 5.70. The summed E-state index contributed by atoms with van der Waals surface area (Å²) in [5.74, 6) is -0.0979. The lowest BCUT2D eigenvalue weighted by Crippen LogP contribution is -2.43. The topological polar surface area (TPSA) is 57.3 Å². The van der Waals surface area contributed by atoms with Crippen molar-refractivity contribution in [3.05, 3.63) is 24.0 Å². The second-order valence-electron chi connectivity index (χ2n) is 5.70. The maximum atomic E-state index is 12.2. The van der Waals surface area contributed by atoms with E-state index in [0.29, 0.717) is 5.69 Å². The molecule has 0 aliphatic carbocycles. The van der Waals surface area contributed by atoms with Crippen molar-refractivity contribution in [1.29, 1.82) is 0 Å². The van der Waals surface area contributed by atoms with Gasteiger partial charge in [0.2, 0.25) is 0 Å². The molecule has 5 nitrogen and oxygen atoms in total. The van der Waals surface area contributed by atoms with E-state index < -0.39 is 0 Å². The van der Waals surface area contributed by atoms with Crippen molar-refractivity contribution in [3.8, 4) is 0 Å². The summed E-state index contributed by atoms with van der Waals surface area (Å²) in [4.78, 5) is 18.8. The average molecular weight is 290 g/mol. The standard InChI is InChI=1S/C16H26N4O/c1-3-17-14-7-8-18-15(11-14)16(21)19-13(2)12-20-9-5-4-6-10-20/h7-8,11,13H,3-6,9-10,12H2,1-2H3,(H,17,18)(H,19,21). The minimum atomic E-state index is -0.0979. The van der Waals surface area contributed by atoms with Gasteiger partial charge >= 0.3 is 0 Å². The predicted molar refractivity (Wildman–Crippen MR) is 85.6 cm³/mol. The fourth-order valence-corrected chi connectivity index (χ4v) is 2.74. The Hall–Kier alpha value is -1.62. The van der Waals surface area contributed by atoms with E-state index in [1.807, 2.05) is 13.0 Å². The Bertz CT molecular complexity index is 457. The van der Waals surface area contributed by atoms with Crippen LogP contribution in [-0.2, 0) is 0 Å². The number of carbonyl (C=O) groups is 1. The smallest absolute Gasteiger partial charge is 0.270 e. The van der Waals surface area contributed by atoms with E-state index in [4.69, 9.17) is 0 Å². The van der Waals surface area contributed by atoms with Gasteiger partial charge in [-0.1, -0.05) is 6.42 Å². The highest BCUT2D eigenvalue weighted by Crippen LogP contribution is 2.10. The summed E-state index contributed by atoms with van der Waals surface area (Å²) >= 11 is 0. The molecule has 2 N–H and O–H groups in total. The number of likely N-dealkylation sites (tertiary alicyclic amines) is 1. The summed E-state index contributed by atoms with van der Waals surface area (Å²) in [6, 6.07) is 3.81. The Morgan fingerprint density at radius 3 is 2.86 bits per heavy atom. The van der Waals surface area contributed by atoms with Crippen LogP contribution in [0.1, 0.15) is 43.6 Å². The normalized spacial score (nSPS) is 17.2. The first kappa shape index (κ1) is 15.8. The number of rotatable bonds is 6. The van der Waals surface area contributed by atoms with Gasteiger partial charge < -0.3 is 15.5 Å². The van der Waals surface area contributed by atoms with Crippen LogP contribution in [0.5, 0.6) is 0 Å². The lowest BCUT2D eigenvalue weighted by molar-refractivity contribution is 0.0920. The first-order chi connectivity index (χ1) is 10.2. The lowest BCUT2D eigenvalue weighted by atomic mass is 10.1. The quantitative estimate of drug-likeness (QED) is 0.842. The molecule has 2 rings (SSSR count). The molecule has 1 amide bonds. The molecular weight excluding hydrogens is 264 g/mol. The molecule has 116 valence electrons. The third-order valence-electron chi connectivity index (χ3n) is 3.73. The molecule has 1 aliphatic heterocycles. The van der Waals surface area contributed by atoms with Gasteiger partial charge in [-0.2, -0.15) is 0 Å². The summed E-state index contributed by atoms with van der Waals surface area (Å²) in [7, 11) is 0. The molecule has 5 heteroatoms. The molecule has 1 saturated heterocycles. The maximum Gasteiger partial charge on any atom is 0.270 e. The van der Waals surface area contributed by atoms with E-state index in [0.717, 1.165) is 31.9 Å². The average Bonchev–Trinajstić information content (AvgIpc) is 2.48. The maximum absolute atomic E-state index is 12.2. The first-order valence-corrected chi connectivity index (χ1v) is 7.92. The summed E-state index contributed by atoms with van der Waals surface area (Å²) in [6.07, 6.45) is 5.54. The van der Waals surface area contributed by atoms with Crippen LogP contribution in [0.15, 0.2) is 18.3 Å². The Morgan fingerprint density at radius 2 is 2.14 bits per heavy atom. The van der Waals surface area contributed by atoms with Crippen LogP contribution >= 0.6 is 0 Å². The number of hydrogen-bond acceptors (Lipinski definition) is 4. The van der Waals surface area contributed by atoms with Crippen LogP contribution in [0, 0.1) is 0 Å². The number of nitrogens with zero attached hydrogens (tertiary/aromatic N) is 2. The minimum Gasteiger partial charge on any atom is -0.385 e. The van der Waals surface area contributed by atoms with E-state index in [-0.39, 0.29) is 11.9 Å². The third-order valence-corrected chi connectivity index (χ3v) is 3.73. The first-order valence-electron chi connectivity index (χ1n) is 7.92. The lowest BCUT2D eigenvalue weighted by Gasteiger charge is -2.29. The van der Waals surface area contributed by atoms with Gasteiger partial charge in [-0.15, -0.1) is 0 Å². The third kappa shape index (κ3) is 5.01. The van der Waals surface area contributed by atoms with Crippen LogP contribution in [-0.4, -0.2) is 48.0 Å². The van der Waals surface area contributed by atoms with E-state index in [1.165, 1.54) is 19.3 Å². The number of piperidine rings is 1. The number of anilines is 1. The van der Waals surface area contributed by atoms with Crippen molar-refractivity contribution in [2.75, 3.05) is 31.5 Å². The van der Waals surface area contributed by atoms with Gasteiger partial charge in [0, 0.05) is 31.0 Å². The van der Waals surface area contributed by atoms with Gasteiger partial charge in [0.1, 0.15) is 5.69 Å². The molecule has 1 aromatic rings. The van der Waals surface area contributed by atoms with Crippen LogP contribution in [0.4, 0.5) is 5.69 Å². The van der Waals surface area contributed by atoms with Crippen LogP contribution in [0.2, 0.25) is 0 Å². The molecule has 0 aromatic carbocycles. The Morgan fingerprint density at radius 1 is 1.38 bits per heavy atom. The number of amides is 1. The van der Waals surface area contributed by atoms with Crippen molar-refractivity contribution in [3.63, 3.8) is 0 Å². The largest absolute Gasteiger partial charge is 0.385 e. The van der Waals surface area contributed by atoms with Crippen molar-refractivity contribution >= 4 is 11.6 Å². The van der Waals surface area contributed by atoms with Gasteiger partial charge in [0.25, 0.3) is 5.91 Å². The molecule has 1 fully saturated rings. The number of nitrogens with one attached hydrogen (secondary N) is 2. The van der Waals surface area contributed by atoms with Gasteiger partial charge in [-0.05, 0) is 51.9 Å². The molecule has 1 aliphatic rings. The summed E-state index contributed by atoms with van der Waals surface area (Å²) in [5.41, 5.74) is 1.40. The van der Waals surface area contributed by atoms with E-state index in [9.17, 15) is 4.79 Å². The second kappa shape index (κ2) is 7.98. The molecule has 21 heavy (non-hydrogen) atoms. The zero-order valence-electron chi connectivity index (χ0n) is 13.1. The summed E-state index contributed by atoms with van der Waals surface area (Å²) < 4.78 is 0. The van der Waals surface area contributed by atoms with Gasteiger partial charge in [-0.25, -0.2) is 0 Å². The highest BCUT2D eigenvalue weighted by molar-refractivity contribution is 5.93. The van der Waals surface area contributed by atoms with Crippen LogP contribution < -0.4 is 10.6 Å². The molecule has 1 aromatic heterocycles. The Kier molecular flexibility index (Phi) is 5.99. The van der Waals surface area contributed by atoms with Crippen molar-refractivity contribution in [1.82, 2.24) is 15.2 Å². The van der Waals surface area contributed by atoms with Crippen LogP contribution in [0.25, 0.3) is 0 Å². The number of hydrogen-bond donors (Lipinski definition) is 2. The van der Waals surface area contributed by atoms with Crippen molar-refractivity contribution in [2.24, 2.45) is 0 Å². The number of aromatic nitrogens is 1. The zero-order chi connectivity index (χ0) is 15.1. The molecule has 0 radical (unpaired) electrons. The fourth-order valence-electron chi connectivity index (χ4n) is 2.74.